The van der Waals surface area contributed by atoms with Crippen LogP contribution >= 0.6 is 0 Å². The first kappa shape index (κ1) is 17.8. The average Bonchev–Trinajstić information content (AvgIpc) is 3.17. The Labute approximate surface area is 162 Å². The molecule has 0 saturated carbocycles. The van der Waals surface area contributed by atoms with E-state index in [1.165, 1.54) is 0 Å². The molecule has 142 valence electrons. The highest BCUT2D eigenvalue weighted by Gasteiger charge is 2.12. The van der Waals surface area contributed by atoms with Gasteiger partial charge in [0.15, 0.2) is 11.5 Å². The Hall–Kier alpha value is -3.55. The average molecular weight is 375 g/mol. The lowest BCUT2D eigenvalue weighted by Crippen LogP contribution is -2.23. The number of aryl methyl sites for hydroxylation is 4. The molecule has 4 heterocycles. The molecule has 0 aromatic carbocycles. The molecule has 0 aliphatic heterocycles. The molecule has 0 fully saturated rings. The lowest BCUT2D eigenvalue weighted by Gasteiger charge is -2.07. The third-order valence-corrected chi connectivity index (χ3v) is 4.61. The van der Waals surface area contributed by atoms with E-state index >= 15 is 0 Å². The second kappa shape index (κ2) is 6.88. The second-order valence-corrected chi connectivity index (χ2v) is 6.85. The summed E-state index contributed by atoms with van der Waals surface area (Å²) in [5.74, 6) is 0.572. The van der Waals surface area contributed by atoms with E-state index in [9.17, 15) is 4.79 Å². The zero-order valence-electron chi connectivity index (χ0n) is 16.3. The maximum absolute atomic E-state index is 12.5. The van der Waals surface area contributed by atoms with Gasteiger partial charge in [0.25, 0.3) is 5.91 Å². The van der Waals surface area contributed by atoms with Crippen molar-refractivity contribution in [1.29, 1.82) is 0 Å². The van der Waals surface area contributed by atoms with Crippen molar-refractivity contribution in [3.05, 3.63) is 64.9 Å². The number of aromatic nitrogens is 6. The maximum atomic E-state index is 12.5. The van der Waals surface area contributed by atoms with Crippen LogP contribution in [0.1, 0.15) is 33.0 Å². The molecule has 0 aliphatic rings. The van der Waals surface area contributed by atoms with Crippen molar-refractivity contribution in [2.24, 2.45) is 7.05 Å². The molecule has 4 aromatic heterocycles. The summed E-state index contributed by atoms with van der Waals surface area (Å²) in [4.78, 5) is 21.3. The first-order valence-corrected chi connectivity index (χ1v) is 8.98. The molecule has 1 amide bonds. The van der Waals surface area contributed by atoms with Crippen LogP contribution in [0.5, 0.6) is 0 Å². The van der Waals surface area contributed by atoms with E-state index < -0.39 is 0 Å². The van der Waals surface area contributed by atoms with Gasteiger partial charge in [-0.3, -0.25) is 9.48 Å². The van der Waals surface area contributed by atoms with Crippen LogP contribution in [0.2, 0.25) is 0 Å². The predicted molar refractivity (Wildman–Crippen MR) is 105 cm³/mol. The highest BCUT2D eigenvalue weighted by atomic mass is 16.1. The summed E-state index contributed by atoms with van der Waals surface area (Å²) in [6.07, 6.45) is 3.32. The first-order chi connectivity index (χ1) is 13.4. The Kier molecular flexibility index (Phi) is 4.38. The van der Waals surface area contributed by atoms with Crippen LogP contribution < -0.4 is 5.32 Å². The normalized spacial score (nSPS) is 11.1. The summed E-state index contributed by atoms with van der Waals surface area (Å²) in [5, 5.41) is 12.6. The molecular formula is C20H21N7O. The lowest BCUT2D eigenvalue weighted by atomic mass is 10.2. The molecule has 0 saturated heterocycles. The van der Waals surface area contributed by atoms with Crippen molar-refractivity contribution in [2.75, 3.05) is 0 Å². The molecule has 0 unspecified atom stereocenters. The molecule has 0 bridgehead atoms. The third-order valence-electron chi connectivity index (χ3n) is 4.61. The molecule has 1 N–H and O–H groups in total. The number of carbonyl (C=O) groups is 1. The summed E-state index contributed by atoms with van der Waals surface area (Å²) in [7, 11) is 1.84. The van der Waals surface area contributed by atoms with E-state index in [4.69, 9.17) is 0 Å². The van der Waals surface area contributed by atoms with E-state index in [1.54, 1.807) is 21.8 Å². The van der Waals surface area contributed by atoms with Gasteiger partial charge in [-0.1, -0.05) is 6.07 Å². The fraction of sp³-hybridized carbons (Fsp3) is 0.250. The number of hydrogen-bond donors (Lipinski definition) is 1. The summed E-state index contributed by atoms with van der Waals surface area (Å²) in [6, 6.07) is 7.66. The number of amides is 1. The van der Waals surface area contributed by atoms with Gasteiger partial charge in [-0.2, -0.15) is 10.2 Å². The topological polar surface area (TPSA) is 90.5 Å². The molecule has 28 heavy (non-hydrogen) atoms. The number of pyridine rings is 2. The van der Waals surface area contributed by atoms with Gasteiger partial charge in [-0.25, -0.2) is 14.6 Å². The van der Waals surface area contributed by atoms with Crippen molar-refractivity contribution < 1.29 is 4.79 Å². The standard InChI is InChI=1S/C20H21N7O/c1-12-7-13(2)27(24-12)18-6-5-15(9-21-18)10-23-20(28)16-8-17-14(3)25-26(4)19(17)22-11-16/h5-9,11H,10H2,1-4H3,(H,23,28). The van der Waals surface area contributed by atoms with Crippen LogP contribution in [-0.4, -0.2) is 35.4 Å². The summed E-state index contributed by atoms with van der Waals surface area (Å²) >= 11 is 0. The minimum atomic E-state index is -0.180. The SMILES string of the molecule is Cc1cc(C)n(-c2ccc(CNC(=O)c3cnc4c(c3)c(C)nn4C)cn2)n1. The second-order valence-electron chi connectivity index (χ2n) is 6.85. The van der Waals surface area contributed by atoms with Crippen LogP contribution in [0.15, 0.2) is 36.7 Å². The number of hydrogen-bond acceptors (Lipinski definition) is 5. The molecule has 0 radical (unpaired) electrons. The van der Waals surface area contributed by atoms with E-state index in [0.717, 1.165) is 39.5 Å². The van der Waals surface area contributed by atoms with Crippen LogP contribution in [-0.2, 0) is 13.6 Å². The van der Waals surface area contributed by atoms with Crippen LogP contribution in [0.25, 0.3) is 16.9 Å². The summed E-state index contributed by atoms with van der Waals surface area (Å²) in [6.45, 7) is 6.23. The zero-order valence-corrected chi connectivity index (χ0v) is 16.3. The molecule has 4 aromatic rings. The number of carbonyl (C=O) groups excluding carboxylic acids is 1. The third kappa shape index (κ3) is 3.24. The van der Waals surface area contributed by atoms with Gasteiger partial charge in [-0.15, -0.1) is 0 Å². The Bertz CT molecular complexity index is 1170. The predicted octanol–water partition coefficient (Wildman–Crippen LogP) is 2.40. The van der Waals surface area contributed by atoms with Gasteiger partial charge in [0.1, 0.15) is 0 Å². The van der Waals surface area contributed by atoms with E-state index in [-0.39, 0.29) is 5.91 Å². The van der Waals surface area contributed by atoms with Gasteiger partial charge in [-0.05, 0) is 44.5 Å². The van der Waals surface area contributed by atoms with E-state index in [1.807, 2.05) is 52.1 Å². The van der Waals surface area contributed by atoms with Crippen molar-refractivity contribution in [3.8, 4) is 5.82 Å². The molecule has 8 nitrogen and oxygen atoms in total. The molecule has 8 heteroatoms. The smallest absolute Gasteiger partial charge is 0.253 e. The number of nitrogens with one attached hydrogen (secondary N) is 1. The van der Waals surface area contributed by atoms with Crippen LogP contribution in [0.4, 0.5) is 0 Å². The minimum absolute atomic E-state index is 0.180. The van der Waals surface area contributed by atoms with Gasteiger partial charge in [0, 0.05) is 37.1 Å². The Morgan fingerprint density at radius 1 is 1.07 bits per heavy atom. The number of nitrogens with zero attached hydrogens (tertiary/aromatic N) is 6. The van der Waals surface area contributed by atoms with Gasteiger partial charge in [0.05, 0.1) is 17.0 Å². The highest BCUT2D eigenvalue weighted by Crippen LogP contribution is 2.16. The van der Waals surface area contributed by atoms with Crippen LogP contribution in [0, 0.1) is 20.8 Å². The maximum Gasteiger partial charge on any atom is 0.253 e. The first-order valence-electron chi connectivity index (χ1n) is 8.98. The van der Waals surface area contributed by atoms with Crippen molar-refractivity contribution >= 4 is 16.9 Å². The summed E-state index contributed by atoms with van der Waals surface area (Å²) < 4.78 is 3.51. The largest absolute Gasteiger partial charge is 0.348 e. The number of rotatable bonds is 4. The van der Waals surface area contributed by atoms with E-state index in [0.29, 0.717) is 12.1 Å². The van der Waals surface area contributed by atoms with Gasteiger partial charge < -0.3 is 5.32 Å². The fourth-order valence-electron chi connectivity index (χ4n) is 3.22. The van der Waals surface area contributed by atoms with Gasteiger partial charge >= 0.3 is 0 Å². The van der Waals surface area contributed by atoms with Gasteiger partial charge in [0.2, 0.25) is 0 Å². The Morgan fingerprint density at radius 3 is 2.57 bits per heavy atom. The molecule has 4 rings (SSSR count). The quantitative estimate of drug-likeness (QED) is 0.591. The Balaban J connectivity index is 1.46. The molecular weight excluding hydrogens is 354 g/mol. The molecule has 0 spiro atoms. The minimum Gasteiger partial charge on any atom is -0.348 e. The highest BCUT2D eigenvalue weighted by molar-refractivity contribution is 5.97. The van der Waals surface area contributed by atoms with Crippen molar-refractivity contribution in [3.63, 3.8) is 0 Å². The number of fused-ring (bicyclic) bond motifs is 1. The van der Waals surface area contributed by atoms with E-state index in [2.05, 4.69) is 25.5 Å². The van der Waals surface area contributed by atoms with Crippen LogP contribution in [0.3, 0.4) is 0 Å². The monoisotopic (exact) mass is 375 g/mol. The van der Waals surface area contributed by atoms with Crippen molar-refractivity contribution in [2.45, 2.75) is 27.3 Å². The summed E-state index contributed by atoms with van der Waals surface area (Å²) in [5.41, 5.74) is 5.01. The molecule has 0 atom stereocenters. The zero-order chi connectivity index (χ0) is 19.8. The lowest BCUT2D eigenvalue weighted by molar-refractivity contribution is 0.0950. The Morgan fingerprint density at radius 2 is 1.89 bits per heavy atom. The van der Waals surface area contributed by atoms with Crippen molar-refractivity contribution in [1.82, 2.24) is 34.8 Å². The molecule has 0 aliphatic carbocycles. The fourth-order valence-corrected chi connectivity index (χ4v) is 3.22.